The van der Waals surface area contributed by atoms with Gasteiger partial charge in [-0.15, -0.1) is 10.2 Å². The monoisotopic (exact) mass is 166 g/mol. The first-order chi connectivity index (χ1) is 5.77. The van der Waals surface area contributed by atoms with Crippen molar-refractivity contribution in [2.75, 3.05) is 0 Å². The first-order valence-corrected chi connectivity index (χ1v) is 4.37. The number of hydrogen-bond acceptors (Lipinski definition) is 3. The molecule has 1 atom stereocenters. The molecule has 1 saturated carbocycles. The molecule has 4 heteroatoms. The summed E-state index contributed by atoms with van der Waals surface area (Å²) in [4.78, 5) is 0. The van der Waals surface area contributed by atoms with Crippen LogP contribution in [0.2, 0.25) is 0 Å². The van der Waals surface area contributed by atoms with Crippen molar-refractivity contribution in [1.29, 1.82) is 0 Å². The second-order valence-corrected chi connectivity index (χ2v) is 3.46. The van der Waals surface area contributed by atoms with Crippen LogP contribution in [0.4, 0.5) is 0 Å². The summed E-state index contributed by atoms with van der Waals surface area (Å²) < 4.78 is 1.96. The standard InChI is InChI=1S/C8H14N4/c1-6(10-7-3-4-7)8-11-9-5-12(8)2/h5-7,10H,3-4H2,1-2H3. The fourth-order valence-electron chi connectivity index (χ4n) is 1.36. The molecule has 12 heavy (non-hydrogen) atoms. The van der Waals surface area contributed by atoms with E-state index in [9.17, 15) is 0 Å². The first-order valence-electron chi connectivity index (χ1n) is 4.37. The lowest BCUT2D eigenvalue weighted by molar-refractivity contribution is 0.526. The molecule has 1 heterocycles. The zero-order valence-corrected chi connectivity index (χ0v) is 7.49. The third-order valence-electron chi connectivity index (χ3n) is 2.20. The molecular weight excluding hydrogens is 152 g/mol. The maximum absolute atomic E-state index is 4.05. The van der Waals surface area contributed by atoms with Gasteiger partial charge in [0.1, 0.15) is 12.2 Å². The van der Waals surface area contributed by atoms with Gasteiger partial charge in [0.25, 0.3) is 0 Å². The predicted molar refractivity (Wildman–Crippen MR) is 45.6 cm³/mol. The van der Waals surface area contributed by atoms with E-state index < -0.39 is 0 Å². The SMILES string of the molecule is CC(NC1CC1)c1nncn1C. The molecule has 0 aromatic carbocycles. The summed E-state index contributed by atoms with van der Waals surface area (Å²) in [7, 11) is 1.97. The Hall–Kier alpha value is -0.900. The molecule has 66 valence electrons. The number of nitrogens with zero attached hydrogens (tertiary/aromatic N) is 3. The third-order valence-corrected chi connectivity index (χ3v) is 2.20. The highest BCUT2D eigenvalue weighted by Gasteiger charge is 2.24. The third kappa shape index (κ3) is 1.48. The van der Waals surface area contributed by atoms with Crippen LogP contribution in [0.3, 0.4) is 0 Å². The summed E-state index contributed by atoms with van der Waals surface area (Å²) in [6.07, 6.45) is 4.35. The van der Waals surface area contributed by atoms with Gasteiger partial charge < -0.3 is 9.88 Å². The Labute approximate surface area is 72.0 Å². The van der Waals surface area contributed by atoms with E-state index in [1.54, 1.807) is 6.33 Å². The summed E-state index contributed by atoms with van der Waals surface area (Å²) in [5, 5.41) is 11.4. The number of aryl methyl sites for hydroxylation is 1. The van der Waals surface area contributed by atoms with E-state index >= 15 is 0 Å². The molecular formula is C8H14N4. The Bertz CT molecular complexity index is 264. The van der Waals surface area contributed by atoms with Crippen molar-refractivity contribution in [3.63, 3.8) is 0 Å². The average Bonchev–Trinajstić information content (AvgIpc) is 2.72. The minimum atomic E-state index is 0.324. The second-order valence-electron chi connectivity index (χ2n) is 3.46. The maximum Gasteiger partial charge on any atom is 0.149 e. The Kier molecular flexibility index (Phi) is 1.84. The highest BCUT2D eigenvalue weighted by atomic mass is 15.3. The van der Waals surface area contributed by atoms with Crippen LogP contribution in [0.15, 0.2) is 6.33 Å². The number of nitrogens with one attached hydrogen (secondary N) is 1. The predicted octanol–water partition coefficient (Wildman–Crippen LogP) is 0.628. The molecule has 0 amide bonds. The van der Waals surface area contributed by atoms with Gasteiger partial charge in [0.2, 0.25) is 0 Å². The number of aromatic nitrogens is 3. The minimum Gasteiger partial charge on any atom is -0.319 e. The zero-order valence-electron chi connectivity index (χ0n) is 7.49. The van der Waals surface area contributed by atoms with Crippen LogP contribution in [0.25, 0.3) is 0 Å². The van der Waals surface area contributed by atoms with Crippen LogP contribution in [-0.2, 0) is 7.05 Å². The molecule has 1 aliphatic rings. The summed E-state index contributed by atoms with van der Waals surface area (Å²) in [6.45, 7) is 2.13. The van der Waals surface area contributed by atoms with Gasteiger partial charge in [-0.3, -0.25) is 0 Å². The highest BCUT2D eigenvalue weighted by Crippen LogP contribution is 2.22. The van der Waals surface area contributed by atoms with Gasteiger partial charge in [0.15, 0.2) is 0 Å². The molecule has 1 fully saturated rings. The lowest BCUT2D eigenvalue weighted by Crippen LogP contribution is -2.23. The zero-order chi connectivity index (χ0) is 8.55. The Morgan fingerprint density at radius 2 is 2.42 bits per heavy atom. The molecule has 0 saturated heterocycles. The van der Waals surface area contributed by atoms with Crippen LogP contribution in [0, 0.1) is 0 Å². The molecule has 1 unspecified atom stereocenters. The lowest BCUT2D eigenvalue weighted by Gasteiger charge is -2.11. The fourth-order valence-corrected chi connectivity index (χ4v) is 1.36. The van der Waals surface area contributed by atoms with E-state index in [1.165, 1.54) is 12.8 Å². The Morgan fingerprint density at radius 1 is 1.67 bits per heavy atom. The molecule has 1 aliphatic carbocycles. The topological polar surface area (TPSA) is 42.7 Å². The van der Waals surface area contributed by atoms with Gasteiger partial charge in [-0.1, -0.05) is 0 Å². The van der Waals surface area contributed by atoms with Crippen molar-refractivity contribution >= 4 is 0 Å². The van der Waals surface area contributed by atoms with Crippen molar-refractivity contribution in [3.05, 3.63) is 12.2 Å². The smallest absolute Gasteiger partial charge is 0.149 e. The van der Waals surface area contributed by atoms with Gasteiger partial charge in [0.05, 0.1) is 6.04 Å². The molecule has 0 bridgehead atoms. The van der Waals surface area contributed by atoms with E-state index in [0.717, 1.165) is 11.9 Å². The molecule has 4 nitrogen and oxygen atoms in total. The normalized spacial score (nSPS) is 19.5. The van der Waals surface area contributed by atoms with Gasteiger partial charge in [-0.25, -0.2) is 0 Å². The number of rotatable bonds is 3. The average molecular weight is 166 g/mol. The van der Waals surface area contributed by atoms with E-state index in [4.69, 9.17) is 0 Å². The van der Waals surface area contributed by atoms with Crippen LogP contribution >= 0.6 is 0 Å². The van der Waals surface area contributed by atoms with Crippen LogP contribution < -0.4 is 5.32 Å². The van der Waals surface area contributed by atoms with Gasteiger partial charge >= 0.3 is 0 Å². The van der Waals surface area contributed by atoms with Gasteiger partial charge in [-0.05, 0) is 19.8 Å². The lowest BCUT2D eigenvalue weighted by atomic mass is 10.3. The van der Waals surface area contributed by atoms with E-state index in [0.29, 0.717) is 6.04 Å². The van der Waals surface area contributed by atoms with Gasteiger partial charge in [0, 0.05) is 13.1 Å². The molecule has 0 aliphatic heterocycles. The Balaban J connectivity index is 2.02. The second kappa shape index (κ2) is 2.86. The van der Waals surface area contributed by atoms with E-state index in [1.807, 2.05) is 11.6 Å². The largest absolute Gasteiger partial charge is 0.319 e. The van der Waals surface area contributed by atoms with Crippen molar-refractivity contribution in [2.45, 2.75) is 31.8 Å². The quantitative estimate of drug-likeness (QED) is 0.716. The summed E-state index contributed by atoms with van der Waals surface area (Å²) >= 11 is 0. The van der Waals surface area contributed by atoms with Crippen molar-refractivity contribution in [1.82, 2.24) is 20.1 Å². The molecule has 1 aromatic heterocycles. The summed E-state index contributed by atoms with van der Waals surface area (Å²) in [5.41, 5.74) is 0. The highest BCUT2D eigenvalue weighted by molar-refractivity contribution is 4.95. The molecule has 2 rings (SSSR count). The van der Waals surface area contributed by atoms with Crippen molar-refractivity contribution < 1.29 is 0 Å². The molecule has 0 radical (unpaired) electrons. The van der Waals surface area contributed by atoms with Crippen molar-refractivity contribution in [2.24, 2.45) is 7.05 Å². The van der Waals surface area contributed by atoms with Crippen LogP contribution in [-0.4, -0.2) is 20.8 Å². The fraction of sp³-hybridized carbons (Fsp3) is 0.750. The number of hydrogen-bond donors (Lipinski definition) is 1. The molecule has 1 N–H and O–H groups in total. The van der Waals surface area contributed by atoms with Crippen LogP contribution in [0.1, 0.15) is 31.6 Å². The van der Waals surface area contributed by atoms with Gasteiger partial charge in [-0.2, -0.15) is 0 Å². The first kappa shape index (κ1) is 7.73. The molecule has 1 aromatic rings. The van der Waals surface area contributed by atoms with Crippen LogP contribution in [0.5, 0.6) is 0 Å². The Morgan fingerprint density at radius 3 is 2.92 bits per heavy atom. The summed E-state index contributed by atoms with van der Waals surface area (Å²) in [5.74, 6) is 1.02. The van der Waals surface area contributed by atoms with Crippen molar-refractivity contribution in [3.8, 4) is 0 Å². The molecule has 0 spiro atoms. The maximum atomic E-state index is 4.05. The summed E-state index contributed by atoms with van der Waals surface area (Å²) in [6, 6.07) is 1.04. The van der Waals surface area contributed by atoms with E-state index in [-0.39, 0.29) is 0 Å². The minimum absolute atomic E-state index is 0.324. The van der Waals surface area contributed by atoms with E-state index in [2.05, 4.69) is 22.4 Å².